The van der Waals surface area contributed by atoms with Crippen LogP contribution in [0.5, 0.6) is 0 Å². The molecule has 0 saturated heterocycles. The molecular formula is C14H14BrClN2. The van der Waals surface area contributed by atoms with Gasteiger partial charge in [-0.2, -0.15) is 0 Å². The number of pyridine rings is 1. The summed E-state index contributed by atoms with van der Waals surface area (Å²) in [5.41, 5.74) is 2.27. The van der Waals surface area contributed by atoms with Crippen molar-refractivity contribution in [1.29, 1.82) is 0 Å². The Kier molecular flexibility index (Phi) is 4.25. The summed E-state index contributed by atoms with van der Waals surface area (Å²) in [4.78, 5) is 6.48. The summed E-state index contributed by atoms with van der Waals surface area (Å²) in [6.45, 7) is 2.80. The predicted octanol–water partition coefficient (Wildman–Crippen LogP) is 4.44. The number of halogens is 2. The average molecular weight is 326 g/mol. The highest BCUT2D eigenvalue weighted by molar-refractivity contribution is 9.10. The zero-order chi connectivity index (χ0) is 13.1. The third-order valence-electron chi connectivity index (χ3n) is 2.79. The van der Waals surface area contributed by atoms with Crippen LogP contribution < -0.4 is 4.90 Å². The molecule has 2 aromatic rings. The molecule has 0 amide bonds. The molecule has 4 heteroatoms. The van der Waals surface area contributed by atoms with Crippen LogP contribution in [0.2, 0.25) is 5.02 Å². The van der Waals surface area contributed by atoms with Crippen LogP contribution in [0.3, 0.4) is 0 Å². The predicted molar refractivity (Wildman–Crippen MR) is 80.2 cm³/mol. The lowest BCUT2D eigenvalue weighted by Gasteiger charge is -2.19. The molecule has 18 heavy (non-hydrogen) atoms. The Bertz CT molecular complexity index is 557. The highest BCUT2D eigenvalue weighted by atomic mass is 79.9. The van der Waals surface area contributed by atoms with Crippen molar-refractivity contribution in [1.82, 2.24) is 4.98 Å². The second kappa shape index (κ2) is 5.72. The molecule has 0 fully saturated rings. The summed E-state index contributed by atoms with van der Waals surface area (Å²) in [6.07, 6.45) is 1.83. The molecule has 0 saturated carbocycles. The van der Waals surface area contributed by atoms with Crippen LogP contribution >= 0.6 is 27.5 Å². The zero-order valence-electron chi connectivity index (χ0n) is 10.3. The average Bonchev–Trinajstić information content (AvgIpc) is 2.35. The summed E-state index contributed by atoms with van der Waals surface area (Å²) in [6, 6.07) is 9.93. The Morgan fingerprint density at radius 1 is 1.33 bits per heavy atom. The number of rotatable bonds is 3. The van der Waals surface area contributed by atoms with Gasteiger partial charge in [0.15, 0.2) is 0 Å². The van der Waals surface area contributed by atoms with E-state index < -0.39 is 0 Å². The van der Waals surface area contributed by atoms with Crippen LogP contribution in [0.15, 0.2) is 41.0 Å². The molecular weight excluding hydrogens is 312 g/mol. The van der Waals surface area contributed by atoms with Crippen molar-refractivity contribution in [3.05, 3.63) is 57.2 Å². The van der Waals surface area contributed by atoms with Crippen LogP contribution in [0.1, 0.15) is 11.1 Å². The fourth-order valence-corrected chi connectivity index (χ4v) is 2.11. The molecule has 0 radical (unpaired) electrons. The number of aromatic nitrogens is 1. The first-order chi connectivity index (χ1) is 8.58. The Morgan fingerprint density at radius 2 is 2.06 bits per heavy atom. The van der Waals surface area contributed by atoms with Gasteiger partial charge in [-0.25, -0.2) is 4.98 Å². The van der Waals surface area contributed by atoms with Gasteiger partial charge in [0.05, 0.1) is 0 Å². The molecule has 0 unspecified atom stereocenters. The smallest absolute Gasteiger partial charge is 0.128 e. The molecule has 0 aliphatic carbocycles. The molecule has 0 aliphatic rings. The number of anilines is 1. The summed E-state index contributed by atoms with van der Waals surface area (Å²) in [7, 11) is 2.01. The summed E-state index contributed by atoms with van der Waals surface area (Å²) in [5, 5.41) is 0.790. The lowest BCUT2D eigenvalue weighted by Crippen LogP contribution is -2.18. The lowest BCUT2D eigenvalue weighted by atomic mass is 10.2. The SMILES string of the molecule is Cc1cc(N(C)Cc2ccccc2Cl)ncc1Br. The van der Waals surface area contributed by atoms with Crippen molar-refractivity contribution < 1.29 is 0 Å². The Balaban J connectivity index is 2.19. The first-order valence-corrected chi connectivity index (χ1v) is 6.81. The molecule has 0 atom stereocenters. The normalized spacial score (nSPS) is 10.4. The topological polar surface area (TPSA) is 16.1 Å². The zero-order valence-corrected chi connectivity index (χ0v) is 12.7. The Morgan fingerprint density at radius 3 is 2.72 bits per heavy atom. The molecule has 94 valence electrons. The molecule has 0 N–H and O–H groups in total. The fraction of sp³-hybridized carbons (Fsp3) is 0.214. The molecule has 1 aromatic heterocycles. The third-order valence-corrected chi connectivity index (χ3v) is 3.99. The minimum absolute atomic E-state index is 0.744. The van der Waals surface area contributed by atoms with Gasteiger partial charge < -0.3 is 4.90 Å². The molecule has 0 spiro atoms. The van der Waals surface area contributed by atoms with E-state index >= 15 is 0 Å². The number of nitrogens with zero attached hydrogens (tertiary/aromatic N) is 2. The van der Waals surface area contributed by atoms with Crippen molar-refractivity contribution in [2.24, 2.45) is 0 Å². The molecule has 2 rings (SSSR count). The van der Waals surface area contributed by atoms with Crippen molar-refractivity contribution in [3.8, 4) is 0 Å². The van der Waals surface area contributed by atoms with Crippen LogP contribution in [-0.4, -0.2) is 12.0 Å². The van der Waals surface area contributed by atoms with E-state index in [1.54, 1.807) is 0 Å². The standard InChI is InChI=1S/C14H14BrClN2/c1-10-7-14(17-8-12(10)15)18(2)9-11-5-3-4-6-13(11)16/h3-8H,9H2,1-2H3. The fourth-order valence-electron chi connectivity index (χ4n) is 1.70. The van der Waals surface area contributed by atoms with E-state index in [-0.39, 0.29) is 0 Å². The maximum Gasteiger partial charge on any atom is 0.128 e. The van der Waals surface area contributed by atoms with Crippen molar-refractivity contribution in [2.75, 3.05) is 11.9 Å². The molecule has 1 heterocycles. The second-order valence-corrected chi connectivity index (χ2v) is 5.50. The minimum Gasteiger partial charge on any atom is -0.355 e. The maximum atomic E-state index is 6.16. The first kappa shape index (κ1) is 13.4. The molecule has 2 nitrogen and oxygen atoms in total. The number of aryl methyl sites for hydroxylation is 1. The maximum absolute atomic E-state index is 6.16. The van der Waals surface area contributed by atoms with Crippen molar-refractivity contribution >= 4 is 33.3 Å². The summed E-state index contributed by atoms with van der Waals surface area (Å²) >= 11 is 9.61. The van der Waals surface area contributed by atoms with E-state index in [1.165, 1.54) is 5.56 Å². The molecule has 0 bridgehead atoms. The van der Waals surface area contributed by atoms with Gasteiger partial charge in [0.2, 0.25) is 0 Å². The van der Waals surface area contributed by atoms with Gasteiger partial charge in [-0.3, -0.25) is 0 Å². The number of hydrogen-bond acceptors (Lipinski definition) is 2. The Labute approximate surface area is 121 Å². The third kappa shape index (κ3) is 3.03. The van der Waals surface area contributed by atoms with E-state index in [0.29, 0.717) is 0 Å². The lowest BCUT2D eigenvalue weighted by molar-refractivity contribution is 0.895. The van der Waals surface area contributed by atoms with Crippen molar-refractivity contribution in [3.63, 3.8) is 0 Å². The van der Waals surface area contributed by atoms with Gasteiger partial charge in [0.1, 0.15) is 5.82 Å². The summed E-state index contributed by atoms with van der Waals surface area (Å²) < 4.78 is 1.03. The van der Waals surface area contributed by atoms with Crippen LogP contribution in [0, 0.1) is 6.92 Å². The quantitative estimate of drug-likeness (QED) is 0.829. The highest BCUT2D eigenvalue weighted by Gasteiger charge is 2.07. The molecule has 0 aliphatic heterocycles. The van der Waals surface area contributed by atoms with Gasteiger partial charge in [-0.1, -0.05) is 29.8 Å². The Hall–Kier alpha value is -1.06. The number of benzene rings is 1. The van der Waals surface area contributed by atoms with E-state index in [9.17, 15) is 0 Å². The van der Waals surface area contributed by atoms with E-state index in [1.807, 2.05) is 37.5 Å². The molecule has 1 aromatic carbocycles. The van der Waals surface area contributed by atoms with Gasteiger partial charge >= 0.3 is 0 Å². The minimum atomic E-state index is 0.744. The number of hydrogen-bond donors (Lipinski definition) is 0. The van der Waals surface area contributed by atoms with E-state index in [0.717, 1.165) is 27.4 Å². The van der Waals surface area contributed by atoms with Crippen LogP contribution in [-0.2, 0) is 6.54 Å². The van der Waals surface area contributed by atoms with Gasteiger partial charge in [0, 0.05) is 29.3 Å². The van der Waals surface area contributed by atoms with Crippen LogP contribution in [0.4, 0.5) is 5.82 Å². The van der Waals surface area contributed by atoms with Gasteiger partial charge in [0.25, 0.3) is 0 Å². The largest absolute Gasteiger partial charge is 0.355 e. The highest BCUT2D eigenvalue weighted by Crippen LogP contribution is 2.22. The summed E-state index contributed by atoms with van der Waals surface area (Å²) in [5.74, 6) is 0.940. The monoisotopic (exact) mass is 324 g/mol. The first-order valence-electron chi connectivity index (χ1n) is 5.64. The van der Waals surface area contributed by atoms with Gasteiger partial charge in [-0.15, -0.1) is 0 Å². The van der Waals surface area contributed by atoms with Crippen LogP contribution in [0.25, 0.3) is 0 Å². The van der Waals surface area contributed by atoms with Gasteiger partial charge in [-0.05, 0) is 46.1 Å². The van der Waals surface area contributed by atoms with E-state index in [4.69, 9.17) is 11.6 Å². The van der Waals surface area contributed by atoms with Crippen molar-refractivity contribution in [2.45, 2.75) is 13.5 Å². The van der Waals surface area contributed by atoms with E-state index in [2.05, 4.69) is 38.8 Å². The second-order valence-electron chi connectivity index (χ2n) is 4.24.